The standard InChI is InChI=1S/C32H27N3O3S/c1-24(18-25-10-4-2-5-11-25)19-30-31(36)35(22-29-16-9-17-37-29)32(39-30)34-33-21-27-14-8-15-28(20-27)38-23-26-12-6-3-7-13-26/h2-21H,22-23H2,1H3/b24-18+,30-19-,33-21-,34-32+. The van der Waals surface area contributed by atoms with Crippen molar-refractivity contribution in [1.29, 1.82) is 0 Å². The van der Waals surface area contributed by atoms with Gasteiger partial charge in [0.05, 0.1) is 23.9 Å². The summed E-state index contributed by atoms with van der Waals surface area (Å²) in [6.07, 6.45) is 7.17. The van der Waals surface area contributed by atoms with Crippen molar-refractivity contribution in [2.75, 3.05) is 0 Å². The van der Waals surface area contributed by atoms with Crippen molar-refractivity contribution in [2.45, 2.75) is 20.1 Å². The largest absolute Gasteiger partial charge is 0.489 e. The molecule has 4 aromatic rings. The number of amidine groups is 1. The maximum absolute atomic E-state index is 13.3. The Labute approximate surface area is 232 Å². The Kier molecular flexibility index (Phi) is 8.51. The summed E-state index contributed by atoms with van der Waals surface area (Å²) in [5.41, 5.74) is 3.98. The van der Waals surface area contributed by atoms with Crippen LogP contribution in [0.4, 0.5) is 0 Å². The van der Waals surface area contributed by atoms with E-state index in [-0.39, 0.29) is 12.5 Å². The summed E-state index contributed by atoms with van der Waals surface area (Å²) in [6.45, 7) is 2.73. The minimum atomic E-state index is -0.137. The quantitative estimate of drug-likeness (QED) is 0.129. The fourth-order valence-electron chi connectivity index (χ4n) is 3.91. The molecule has 1 amide bonds. The fraction of sp³-hybridized carbons (Fsp3) is 0.0938. The van der Waals surface area contributed by atoms with Gasteiger partial charge in [-0.05, 0) is 71.3 Å². The molecule has 0 unspecified atom stereocenters. The molecule has 0 N–H and O–H groups in total. The molecule has 0 atom stereocenters. The van der Waals surface area contributed by atoms with Crippen molar-refractivity contribution >= 4 is 35.1 Å². The summed E-state index contributed by atoms with van der Waals surface area (Å²) < 4.78 is 11.4. The highest BCUT2D eigenvalue weighted by atomic mass is 32.2. The molecular formula is C32H27N3O3S. The second kappa shape index (κ2) is 12.8. The average Bonchev–Trinajstić information content (AvgIpc) is 3.58. The van der Waals surface area contributed by atoms with E-state index in [9.17, 15) is 4.79 Å². The van der Waals surface area contributed by atoms with Gasteiger partial charge in [0.1, 0.15) is 18.1 Å². The van der Waals surface area contributed by atoms with Gasteiger partial charge in [-0.3, -0.25) is 9.69 Å². The van der Waals surface area contributed by atoms with Gasteiger partial charge in [0, 0.05) is 0 Å². The highest BCUT2D eigenvalue weighted by Gasteiger charge is 2.34. The maximum Gasteiger partial charge on any atom is 0.267 e. The molecule has 1 aromatic heterocycles. The van der Waals surface area contributed by atoms with E-state index in [1.807, 2.05) is 110 Å². The molecule has 0 spiro atoms. The Bertz CT molecular complexity index is 1530. The second-order valence-electron chi connectivity index (χ2n) is 8.85. The number of allylic oxidation sites excluding steroid dienone is 2. The van der Waals surface area contributed by atoms with Crippen LogP contribution in [0.25, 0.3) is 6.08 Å². The molecule has 0 aliphatic carbocycles. The molecule has 0 radical (unpaired) electrons. The van der Waals surface area contributed by atoms with Crippen LogP contribution in [0.1, 0.15) is 29.4 Å². The van der Waals surface area contributed by atoms with Crippen LogP contribution in [-0.4, -0.2) is 22.2 Å². The van der Waals surface area contributed by atoms with Gasteiger partial charge in [0.25, 0.3) is 5.91 Å². The van der Waals surface area contributed by atoms with Gasteiger partial charge in [-0.25, -0.2) is 0 Å². The first kappa shape index (κ1) is 26.0. The van der Waals surface area contributed by atoms with Crippen molar-refractivity contribution in [3.63, 3.8) is 0 Å². The minimum Gasteiger partial charge on any atom is -0.489 e. The van der Waals surface area contributed by atoms with E-state index in [1.165, 1.54) is 11.8 Å². The van der Waals surface area contributed by atoms with E-state index in [2.05, 4.69) is 10.2 Å². The normalized spacial score (nSPS) is 16.1. The third-order valence-corrected chi connectivity index (χ3v) is 6.79. The van der Waals surface area contributed by atoms with Crippen LogP contribution in [-0.2, 0) is 17.9 Å². The Morgan fingerprint density at radius 1 is 0.949 bits per heavy atom. The summed E-state index contributed by atoms with van der Waals surface area (Å²) in [7, 11) is 0. The van der Waals surface area contributed by atoms with Crippen LogP contribution < -0.4 is 4.74 Å². The van der Waals surface area contributed by atoms with Gasteiger partial charge < -0.3 is 9.15 Å². The first-order valence-electron chi connectivity index (χ1n) is 12.5. The number of nitrogens with zero attached hydrogens (tertiary/aromatic N) is 3. The van der Waals surface area contributed by atoms with E-state index >= 15 is 0 Å². The highest BCUT2D eigenvalue weighted by Crippen LogP contribution is 2.33. The summed E-state index contributed by atoms with van der Waals surface area (Å²) in [5.74, 6) is 1.27. The van der Waals surface area contributed by atoms with Crippen molar-refractivity contribution < 1.29 is 13.9 Å². The van der Waals surface area contributed by atoms with Crippen molar-refractivity contribution in [3.8, 4) is 5.75 Å². The van der Waals surface area contributed by atoms with E-state index in [4.69, 9.17) is 9.15 Å². The number of ether oxygens (including phenoxy) is 1. The topological polar surface area (TPSA) is 67.4 Å². The summed E-state index contributed by atoms with van der Waals surface area (Å²) >= 11 is 1.30. The number of carbonyl (C=O) groups is 1. The van der Waals surface area contributed by atoms with Gasteiger partial charge in [0.15, 0.2) is 5.17 Å². The number of amides is 1. The molecule has 3 aromatic carbocycles. The number of carbonyl (C=O) groups excluding carboxylic acids is 1. The molecule has 0 bridgehead atoms. The third kappa shape index (κ3) is 7.24. The van der Waals surface area contributed by atoms with E-state index in [0.29, 0.717) is 22.4 Å². The first-order valence-corrected chi connectivity index (χ1v) is 13.3. The van der Waals surface area contributed by atoms with Gasteiger partial charge in [0.2, 0.25) is 0 Å². The number of hydrogen-bond donors (Lipinski definition) is 0. The average molecular weight is 534 g/mol. The second-order valence-corrected chi connectivity index (χ2v) is 9.86. The summed E-state index contributed by atoms with van der Waals surface area (Å²) in [6, 6.07) is 31.3. The monoisotopic (exact) mass is 533 g/mol. The molecule has 0 saturated carbocycles. The third-order valence-electron chi connectivity index (χ3n) is 5.79. The molecule has 1 saturated heterocycles. The highest BCUT2D eigenvalue weighted by molar-refractivity contribution is 8.18. The smallest absolute Gasteiger partial charge is 0.267 e. The molecule has 2 heterocycles. The number of rotatable bonds is 9. The maximum atomic E-state index is 13.3. The molecule has 194 valence electrons. The van der Waals surface area contributed by atoms with E-state index < -0.39 is 0 Å². The Morgan fingerprint density at radius 2 is 1.72 bits per heavy atom. The van der Waals surface area contributed by atoms with Crippen LogP contribution in [0.2, 0.25) is 0 Å². The van der Waals surface area contributed by atoms with Gasteiger partial charge in [-0.2, -0.15) is 5.10 Å². The van der Waals surface area contributed by atoms with Crippen LogP contribution in [0, 0.1) is 0 Å². The number of hydrogen-bond acceptors (Lipinski definition) is 6. The fourth-order valence-corrected chi connectivity index (χ4v) is 4.90. The Balaban J connectivity index is 1.33. The molecule has 1 aliphatic rings. The van der Waals surface area contributed by atoms with Crippen molar-refractivity contribution in [2.24, 2.45) is 10.2 Å². The molecule has 39 heavy (non-hydrogen) atoms. The zero-order valence-corrected chi connectivity index (χ0v) is 22.3. The number of furan rings is 1. The lowest BCUT2D eigenvalue weighted by molar-refractivity contribution is -0.122. The Morgan fingerprint density at radius 3 is 2.49 bits per heavy atom. The van der Waals surface area contributed by atoms with Crippen LogP contribution >= 0.6 is 11.8 Å². The molecule has 1 aliphatic heterocycles. The lowest BCUT2D eigenvalue weighted by Gasteiger charge is -2.12. The van der Waals surface area contributed by atoms with E-state index in [1.54, 1.807) is 23.4 Å². The predicted molar refractivity (Wildman–Crippen MR) is 157 cm³/mol. The molecule has 5 rings (SSSR count). The Hall–Kier alpha value is -4.62. The summed E-state index contributed by atoms with van der Waals surface area (Å²) in [4.78, 5) is 15.5. The molecule has 6 nitrogen and oxygen atoms in total. The van der Waals surface area contributed by atoms with Gasteiger partial charge >= 0.3 is 0 Å². The van der Waals surface area contributed by atoms with Crippen molar-refractivity contribution in [3.05, 3.63) is 142 Å². The van der Waals surface area contributed by atoms with E-state index in [0.717, 1.165) is 28.0 Å². The van der Waals surface area contributed by atoms with Crippen LogP contribution in [0.3, 0.4) is 0 Å². The molecular weight excluding hydrogens is 506 g/mol. The van der Waals surface area contributed by atoms with Gasteiger partial charge in [-0.15, -0.1) is 5.10 Å². The lowest BCUT2D eigenvalue weighted by atomic mass is 10.1. The first-order chi connectivity index (χ1) is 19.1. The summed E-state index contributed by atoms with van der Waals surface area (Å²) in [5, 5.41) is 9.19. The zero-order chi connectivity index (χ0) is 26.9. The lowest BCUT2D eigenvalue weighted by Crippen LogP contribution is -2.28. The predicted octanol–water partition coefficient (Wildman–Crippen LogP) is 7.31. The van der Waals surface area contributed by atoms with Crippen molar-refractivity contribution in [1.82, 2.24) is 4.90 Å². The van der Waals surface area contributed by atoms with Crippen LogP contribution in [0.5, 0.6) is 5.75 Å². The van der Waals surface area contributed by atoms with Crippen LogP contribution in [0.15, 0.2) is 134 Å². The van der Waals surface area contributed by atoms with Gasteiger partial charge in [-0.1, -0.05) is 78.9 Å². The number of thioether (sulfide) groups is 1. The molecule has 1 fully saturated rings. The SMILES string of the molecule is CC(/C=C1\S/C(=N/N=C\c2cccc(OCc3ccccc3)c2)N(Cc2ccco2)C1=O)=C\c1ccccc1. The number of benzene rings is 3. The molecule has 7 heteroatoms. The zero-order valence-electron chi connectivity index (χ0n) is 21.4. The minimum absolute atomic E-state index is 0.137.